The maximum absolute atomic E-state index is 12.2. The highest BCUT2D eigenvalue weighted by molar-refractivity contribution is 6.22. The van der Waals surface area contributed by atoms with Crippen LogP contribution in [-0.2, 0) is 11.2 Å². The van der Waals surface area contributed by atoms with Crippen molar-refractivity contribution in [1.29, 1.82) is 5.26 Å². The molecule has 1 aliphatic heterocycles. The lowest BCUT2D eigenvalue weighted by molar-refractivity contribution is -0.116. The number of hydrogen-bond acceptors (Lipinski definition) is 4. The van der Waals surface area contributed by atoms with Gasteiger partial charge in [0, 0.05) is 5.69 Å². The van der Waals surface area contributed by atoms with E-state index in [-0.39, 0.29) is 6.54 Å². The highest BCUT2D eigenvalue weighted by atomic mass is 16.2. The molecule has 3 amide bonds. The van der Waals surface area contributed by atoms with Crippen LogP contribution in [0.1, 0.15) is 26.3 Å². The van der Waals surface area contributed by atoms with E-state index in [9.17, 15) is 14.4 Å². The minimum absolute atomic E-state index is 0.295. The van der Waals surface area contributed by atoms with E-state index < -0.39 is 17.7 Å². The van der Waals surface area contributed by atoms with Gasteiger partial charge in [-0.2, -0.15) is 5.26 Å². The minimum atomic E-state index is -0.463. The summed E-state index contributed by atoms with van der Waals surface area (Å²) in [5.74, 6) is -1.39. The van der Waals surface area contributed by atoms with Crippen molar-refractivity contribution in [2.75, 3.05) is 11.9 Å². The largest absolute Gasteiger partial charge is 0.325 e. The van der Waals surface area contributed by atoms with Gasteiger partial charge in [-0.25, -0.2) is 0 Å². The van der Waals surface area contributed by atoms with Gasteiger partial charge in [-0.1, -0.05) is 24.3 Å². The summed E-state index contributed by atoms with van der Waals surface area (Å²) in [6.45, 7) is -0.341. The molecule has 1 aliphatic rings. The van der Waals surface area contributed by atoms with E-state index >= 15 is 0 Å². The van der Waals surface area contributed by atoms with Crippen LogP contribution in [0.5, 0.6) is 0 Å². The van der Waals surface area contributed by atoms with Crippen LogP contribution in [0.15, 0.2) is 48.5 Å². The van der Waals surface area contributed by atoms with Crippen molar-refractivity contribution in [3.63, 3.8) is 0 Å². The van der Waals surface area contributed by atoms with Crippen molar-refractivity contribution < 1.29 is 14.4 Å². The predicted octanol–water partition coefficient (Wildman–Crippen LogP) is 1.99. The number of benzene rings is 2. The van der Waals surface area contributed by atoms with Gasteiger partial charge in [0.15, 0.2) is 0 Å². The standard InChI is InChI=1S/C18H13N3O3/c19-10-9-12-5-7-13(8-6-12)20-16(22)11-21-17(23)14-3-1-2-4-15(14)18(21)24/h1-8H,9,11H2,(H,20,22). The Morgan fingerprint density at radius 1 is 1.00 bits per heavy atom. The fourth-order valence-corrected chi connectivity index (χ4v) is 2.52. The summed E-state index contributed by atoms with van der Waals surface area (Å²) in [6, 6.07) is 15.4. The van der Waals surface area contributed by atoms with Crippen LogP contribution in [0.3, 0.4) is 0 Å². The summed E-state index contributed by atoms with van der Waals surface area (Å²) in [7, 11) is 0. The number of amides is 3. The molecule has 24 heavy (non-hydrogen) atoms. The lowest BCUT2D eigenvalue weighted by atomic mass is 10.1. The Morgan fingerprint density at radius 2 is 1.58 bits per heavy atom. The molecule has 1 heterocycles. The summed E-state index contributed by atoms with van der Waals surface area (Å²) < 4.78 is 0. The number of rotatable bonds is 4. The molecule has 3 rings (SSSR count). The molecule has 0 bridgehead atoms. The number of carbonyl (C=O) groups is 3. The number of nitriles is 1. The molecule has 0 saturated heterocycles. The Hall–Kier alpha value is -3.46. The van der Waals surface area contributed by atoms with E-state index in [2.05, 4.69) is 5.32 Å². The molecule has 0 fully saturated rings. The molecule has 2 aromatic rings. The fourth-order valence-electron chi connectivity index (χ4n) is 2.52. The Bertz CT molecular complexity index is 831. The minimum Gasteiger partial charge on any atom is -0.325 e. The Morgan fingerprint density at radius 3 is 2.12 bits per heavy atom. The maximum Gasteiger partial charge on any atom is 0.262 e. The molecule has 6 heteroatoms. The summed E-state index contributed by atoms with van der Waals surface area (Å²) in [4.78, 5) is 37.5. The number of anilines is 1. The van der Waals surface area contributed by atoms with Crippen molar-refractivity contribution in [3.8, 4) is 6.07 Å². The van der Waals surface area contributed by atoms with Crippen LogP contribution >= 0.6 is 0 Å². The molecule has 0 spiro atoms. The van der Waals surface area contributed by atoms with Gasteiger partial charge in [0.05, 0.1) is 23.6 Å². The molecule has 1 N–H and O–H groups in total. The van der Waals surface area contributed by atoms with Gasteiger partial charge in [0.25, 0.3) is 11.8 Å². The van der Waals surface area contributed by atoms with Crippen LogP contribution in [0.2, 0.25) is 0 Å². The van der Waals surface area contributed by atoms with Gasteiger partial charge in [-0.05, 0) is 29.8 Å². The molecule has 2 aromatic carbocycles. The van der Waals surface area contributed by atoms with Gasteiger partial charge in [0.1, 0.15) is 6.54 Å². The van der Waals surface area contributed by atoms with E-state index in [1.165, 1.54) is 0 Å². The average Bonchev–Trinajstić information content (AvgIpc) is 2.82. The first-order valence-electron chi connectivity index (χ1n) is 7.31. The predicted molar refractivity (Wildman–Crippen MR) is 86.2 cm³/mol. The summed E-state index contributed by atoms with van der Waals surface area (Å²) in [5.41, 5.74) is 2.02. The number of nitrogens with one attached hydrogen (secondary N) is 1. The highest BCUT2D eigenvalue weighted by Gasteiger charge is 2.36. The molecular weight excluding hydrogens is 306 g/mol. The molecule has 0 aliphatic carbocycles. The van der Waals surface area contributed by atoms with E-state index in [4.69, 9.17) is 5.26 Å². The molecule has 0 unspecified atom stereocenters. The third-order valence-corrected chi connectivity index (χ3v) is 3.70. The third kappa shape index (κ3) is 2.88. The number of hydrogen-bond donors (Lipinski definition) is 1. The second-order valence-electron chi connectivity index (χ2n) is 5.32. The van der Waals surface area contributed by atoms with Crippen LogP contribution in [0.25, 0.3) is 0 Å². The van der Waals surface area contributed by atoms with E-state index in [1.807, 2.05) is 6.07 Å². The zero-order chi connectivity index (χ0) is 17.1. The SMILES string of the molecule is N#CCc1ccc(NC(=O)CN2C(=O)c3ccccc3C2=O)cc1. The monoisotopic (exact) mass is 319 g/mol. The van der Waals surface area contributed by atoms with Crippen molar-refractivity contribution in [2.45, 2.75) is 6.42 Å². The Kier molecular flexibility index (Phi) is 4.08. The first kappa shape index (κ1) is 15.4. The number of nitrogens with zero attached hydrogens (tertiary/aromatic N) is 2. The molecule has 0 atom stereocenters. The topological polar surface area (TPSA) is 90.3 Å². The van der Waals surface area contributed by atoms with E-state index in [0.717, 1.165) is 10.5 Å². The highest BCUT2D eigenvalue weighted by Crippen LogP contribution is 2.22. The second-order valence-corrected chi connectivity index (χ2v) is 5.32. The first-order chi connectivity index (χ1) is 11.6. The molecule has 0 saturated carbocycles. The smallest absolute Gasteiger partial charge is 0.262 e. The lowest BCUT2D eigenvalue weighted by Crippen LogP contribution is -2.37. The van der Waals surface area contributed by atoms with Gasteiger partial charge >= 0.3 is 0 Å². The van der Waals surface area contributed by atoms with E-state index in [1.54, 1.807) is 48.5 Å². The lowest BCUT2D eigenvalue weighted by Gasteiger charge is -2.13. The van der Waals surface area contributed by atoms with Crippen LogP contribution in [-0.4, -0.2) is 29.2 Å². The zero-order valence-corrected chi connectivity index (χ0v) is 12.7. The van der Waals surface area contributed by atoms with Crippen LogP contribution in [0, 0.1) is 11.3 Å². The molecule has 6 nitrogen and oxygen atoms in total. The molecule has 0 aromatic heterocycles. The van der Waals surface area contributed by atoms with Gasteiger partial charge in [0.2, 0.25) is 5.91 Å². The number of carbonyl (C=O) groups excluding carboxylic acids is 3. The average molecular weight is 319 g/mol. The second kappa shape index (κ2) is 6.34. The number of imide groups is 1. The third-order valence-electron chi connectivity index (χ3n) is 3.70. The number of fused-ring (bicyclic) bond motifs is 1. The van der Waals surface area contributed by atoms with Crippen molar-refractivity contribution in [2.24, 2.45) is 0 Å². The Labute approximate surface area is 138 Å². The molecule has 0 radical (unpaired) electrons. The van der Waals surface area contributed by atoms with Crippen LogP contribution in [0.4, 0.5) is 5.69 Å². The quantitative estimate of drug-likeness (QED) is 0.873. The normalized spacial score (nSPS) is 12.7. The van der Waals surface area contributed by atoms with Crippen molar-refractivity contribution in [3.05, 3.63) is 65.2 Å². The first-order valence-corrected chi connectivity index (χ1v) is 7.31. The van der Waals surface area contributed by atoms with Gasteiger partial charge in [-0.3, -0.25) is 19.3 Å². The molecular formula is C18H13N3O3. The van der Waals surface area contributed by atoms with Gasteiger partial charge in [-0.15, -0.1) is 0 Å². The fraction of sp³-hybridized carbons (Fsp3) is 0.111. The maximum atomic E-state index is 12.2. The molecule has 118 valence electrons. The van der Waals surface area contributed by atoms with Crippen LogP contribution < -0.4 is 5.32 Å². The van der Waals surface area contributed by atoms with Crippen molar-refractivity contribution in [1.82, 2.24) is 4.90 Å². The van der Waals surface area contributed by atoms with Crippen molar-refractivity contribution >= 4 is 23.4 Å². The summed E-state index contributed by atoms with van der Waals surface area (Å²) in [6.07, 6.45) is 0.295. The van der Waals surface area contributed by atoms with Gasteiger partial charge < -0.3 is 5.32 Å². The van der Waals surface area contributed by atoms with E-state index in [0.29, 0.717) is 23.2 Å². The summed E-state index contributed by atoms with van der Waals surface area (Å²) in [5, 5.41) is 11.3. The zero-order valence-electron chi connectivity index (χ0n) is 12.7. The Balaban J connectivity index is 1.67. The summed E-state index contributed by atoms with van der Waals surface area (Å²) >= 11 is 0.